The minimum atomic E-state index is -0.403. The summed E-state index contributed by atoms with van der Waals surface area (Å²) >= 11 is 0. The second-order valence-electron chi connectivity index (χ2n) is 8.09. The van der Waals surface area contributed by atoms with Gasteiger partial charge in [-0.05, 0) is 42.7 Å². The van der Waals surface area contributed by atoms with Crippen LogP contribution >= 0.6 is 0 Å². The highest BCUT2D eigenvalue weighted by atomic mass is 16.5. The van der Waals surface area contributed by atoms with Crippen LogP contribution in [0.1, 0.15) is 49.2 Å². The zero-order valence-electron chi connectivity index (χ0n) is 17.6. The van der Waals surface area contributed by atoms with E-state index in [2.05, 4.69) is 5.32 Å². The number of amides is 2. The summed E-state index contributed by atoms with van der Waals surface area (Å²) in [6, 6.07) is 16.3. The second-order valence-corrected chi connectivity index (χ2v) is 8.09. The van der Waals surface area contributed by atoms with E-state index in [1.54, 1.807) is 29.2 Å². The number of rotatable bonds is 7. The third-order valence-corrected chi connectivity index (χ3v) is 5.21. The molecule has 1 aliphatic rings. The van der Waals surface area contributed by atoms with Gasteiger partial charge in [-0.2, -0.15) is 0 Å². The number of anilines is 1. The van der Waals surface area contributed by atoms with E-state index < -0.39 is 5.92 Å². The average Bonchev–Trinajstić information content (AvgIpc) is 3.14. The first-order valence-corrected chi connectivity index (χ1v) is 10.3. The summed E-state index contributed by atoms with van der Waals surface area (Å²) in [5.74, 6) is -0.727. The lowest BCUT2D eigenvalue weighted by atomic mass is 10.1. The molecule has 6 nitrogen and oxygen atoms in total. The van der Waals surface area contributed by atoms with Crippen molar-refractivity contribution in [3.63, 3.8) is 0 Å². The molecule has 158 valence electrons. The van der Waals surface area contributed by atoms with Gasteiger partial charge in [0, 0.05) is 18.7 Å². The van der Waals surface area contributed by atoms with Gasteiger partial charge in [0.1, 0.15) is 0 Å². The fourth-order valence-corrected chi connectivity index (χ4v) is 3.45. The van der Waals surface area contributed by atoms with Crippen molar-refractivity contribution in [1.29, 1.82) is 0 Å². The van der Waals surface area contributed by atoms with Crippen molar-refractivity contribution in [2.45, 2.75) is 33.2 Å². The molecule has 1 fully saturated rings. The average molecular weight is 408 g/mol. The predicted octanol–water partition coefficient (Wildman–Crippen LogP) is 4.05. The Morgan fingerprint density at radius 1 is 1.07 bits per heavy atom. The summed E-state index contributed by atoms with van der Waals surface area (Å²) < 4.78 is 5.20. The quantitative estimate of drug-likeness (QED) is 0.702. The zero-order chi connectivity index (χ0) is 21.7. The first-order valence-electron chi connectivity index (χ1n) is 10.3. The SMILES string of the molecule is CC(C)COC(=O)c1ccc(NC(=O)[C@@H]2CC(=O)N([C@@H](C)c3ccccc3)C2)cc1. The predicted molar refractivity (Wildman–Crippen MR) is 115 cm³/mol. The first kappa shape index (κ1) is 21.6. The number of carbonyl (C=O) groups excluding carboxylic acids is 3. The fraction of sp³-hybridized carbons (Fsp3) is 0.375. The smallest absolute Gasteiger partial charge is 0.338 e. The van der Waals surface area contributed by atoms with Gasteiger partial charge in [0.2, 0.25) is 11.8 Å². The number of carbonyl (C=O) groups is 3. The molecule has 2 atom stereocenters. The standard InChI is InChI=1S/C24H28N2O4/c1-16(2)15-30-24(29)19-9-11-21(12-10-19)25-23(28)20-13-22(27)26(14-20)17(3)18-7-5-4-6-8-18/h4-12,16-17,20H,13-15H2,1-3H3,(H,25,28)/t17-,20+/m0/s1. The molecule has 30 heavy (non-hydrogen) atoms. The van der Waals surface area contributed by atoms with Crippen molar-refractivity contribution in [3.8, 4) is 0 Å². The largest absolute Gasteiger partial charge is 0.462 e. The van der Waals surface area contributed by atoms with Crippen molar-refractivity contribution in [2.75, 3.05) is 18.5 Å². The molecule has 6 heteroatoms. The highest BCUT2D eigenvalue weighted by Crippen LogP contribution is 2.29. The van der Waals surface area contributed by atoms with Crippen LogP contribution in [0.15, 0.2) is 54.6 Å². The molecule has 1 saturated heterocycles. The number of likely N-dealkylation sites (tertiary alicyclic amines) is 1. The van der Waals surface area contributed by atoms with Crippen LogP contribution in [0.5, 0.6) is 0 Å². The van der Waals surface area contributed by atoms with Gasteiger partial charge in [-0.25, -0.2) is 4.79 Å². The number of ether oxygens (including phenoxy) is 1. The third-order valence-electron chi connectivity index (χ3n) is 5.21. The third kappa shape index (κ3) is 5.26. The van der Waals surface area contributed by atoms with E-state index in [0.29, 0.717) is 24.4 Å². The van der Waals surface area contributed by atoms with E-state index in [1.807, 2.05) is 51.1 Å². The molecule has 0 radical (unpaired) electrons. The van der Waals surface area contributed by atoms with Gasteiger partial charge in [0.15, 0.2) is 0 Å². The van der Waals surface area contributed by atoms with Crippen LogP contribution in [0.25, 0.3) is 0 Å². The zero-order valence-corrected chi connectivity index (χ0v) is 17.6. The summed E-state index contributed by atoms with van der Waals surface area (Å²) in [6.45, 7) is 6.68. The van der Waals surface area contributed by atoms with Crippen molar-refractivity contribution in [2.24, 2.45) is 11.8 Å². The number of hydrogen-bond donors (Lipinski definition) is 1. The minimum Gasteiger partial charge on any atom is -0.462 e. The van der Waals surface area contributed by atoms with Gasteiger partial charge in [-0.1, -0.05) is 44.2 Å². The number of hydrogen-bond acceptors (Lipinski definition) is 4. The molecule has 2 aromatic rings. The maximum atomic E-state index is 12.7. The lowest BCUT2D eigenvalue weighted by Gasteiger charge is -2.25. The molecule has 1 aliphatic heterocycles. The maximum absolute atomic E-state index is 12.7. The molecule has 3 rings (SSSR count). The molecule has 0 aliphatic carbocycles. The highest BCUT2D eigenvalue weighted by molar-refractivity contribution is 5.98. The lowest BCUT2D eigenvalue weighted by Crippen LogP contribution is -2.30. The van der Waals surface area contributed by atoms with Crippen LogP contribution in [-0.4, -0.2) is 35.8 Å². The summed E-state index contributed by atoms with van der Waals surface area (Å²) in [4.78, 5) is 38.9. The molecular formula is C24H28N2O4. The van der Waals surface area contributed by atoms with Crippen molar-refractivity contribution in [1.82, 2.24) is 4.90 Å². The topological polar surface area (TPSA) is 75.7 Å². The summed E-state index contributed by atoms with van der Waals surface area (Å²) in [6.07, 6.45) is 0.197. The Hall–Kier alpha value is -3.15. The maximum Gasteiger partial charge on any atom is 0.338 e. The van der Waals surface area contributed by atoms with Gasteiger partial charge in [0.25, 0.3) is 0 Å². The first-order chi connectivity index (χ1) is 14.3. The molecule has 0 aromatic heterocycles. The van der Waals surface area contributed by atoms with Crippen LogP contribution in [0.2, 0.25) is 0 Å². The van der Waals surface area contributed by atoms with Gasteiger partial charge in [-0.3, -0.25) is 9.59 Å². The second kappa shape index (κ2) is 9.57. The lowest BCUT2D eigenvalue weighted by molar-refractivity contribution is -0.129. The molecule has 0 spiro atoms. The highest BCUT2D eigenvalue weighted by Gasteiger charge is 2.37. The van der Waals surface area contributed by atoms with Crippen molar-refractivity contribution >= 4 is 23.5 Å². The number of benzene rings is 2. The van der Waals surface area contributed by atoms with Crippen LogP contribution in [0.3, 0.4) is 0 Å². The van der Waals surface area contributed by atoms with E-state index in [9.17, 15) is 14.4 Å². The van der Waals surface area contributed by atoms with Crippen molar-refractivity contribution < 1.29 is 19.1 Å². The Balaban J connectivity index is 1.57. The molecule has 1 heterocycles. The van der Waals surface area contributed by atoms with Gasteiger partial charge in [0.05, 0.1) is 24.1 Å². The number of nitrogens with zero attached hydrogens (tertiary/aromatic N) is 1. The van der Waals surface area contributed by atoms with Gasteiger partial charge < -0.3 is 15.0 Å². The number of nitrogens with one attached hydrogen (secondary N) is 1. The molecule has 2 amide bonds. The monoisotopic (exact) mass is 408 g/mol. The van der Waals surface area contributed by atoms with Crippen LogP contribution in [-0.2, 0) is 14.3 Å². The molecule has 2 aromatic carbocycles. The minimum absolute atomic E-state index is 0.0188. The van der Waals surface area contributed by atoms with E-state index in [1.165, 1.54) is 0 Å². The van der Waals surface area contributed by atoms with Crippen molar-refractivity contribution in [3.05, 3.63) is 65.7 Å². The summed E-state index contributed by atoms with van der Waals surface area (Å²) in [7, 11) is 0. The van der Waals surface area contributed by atoms with E-state index in [0.717, 1.165) is 5.56 Å². The van der Waals surface area contributed by atoms with E-state index in [-0.39, 0.29) is 36.2 Å². The normalized spacial score (nSPS) is 17.1. The molecule has 0 saturated carbocycles. The molecule has 0 bridgehead atoms. The van der Waals surface area contributed by atoms with Gasteiger partial charge >= 0.3 is 5.97 Å². The Bertz CT molecular complexity index is 893. The van der Waals surface area contributed by atoms with Crippen LogP contribution in [0.4, 0.5) is 5.69 Å². The molecular weight excluding hydrogens is 380 g/mol. The Morgan fingerprint density at radius 2 is 1.73 bits per heavy atom. The summed E-state index contributed by atoms with van der Waals surface area (Å²) in [5, 5.41) is 2.85. The van der Waals surface area contributed by atoms with Crippen LogP contribution in [0, 0.1) is 11.8 Å². The van der Waals surface area contributed by atoms with Gasteiger partial charge in [-0.15, -0.1) is 0 Å². The van der Waals surface area contributed by atoms with E-state index in [4.69, 9.17) is 4.74 Å². The Kier molecular flexibility index (Phi) is 6.87. The van der Waals surface area contributed by atoms with Crippen LogP contribution < -0.4 is 5.32 Å². The molecule has 0 unspecified atom stereocenters. The fourth-order valence-electron chi connectivity index (χ4n) is 3.45. The Labute approximate surface area is 177 Å². The van der Waals surface area contributed by atoms with E-state index >= 15 is 0 Å². The molecule has 1 N–H and O–H groups in total. The summed E-state index contributed by atoms with van der Waals surface area (Å²) in [5.41, 5.74) is 2.07. The Morgan fingerprint density at radius 3 is 2.37 bits per heavy atom. The number of esters is 1.